The van der Waals surface area contributed by atoms with Gasteiger partial charge in [-0.25, -0.2) is 0 Å². The molecule has 0 bridgehead atoms. The number of β-amino-alcohol motifs (C(OH)–C–C–N with tert-alkyl or cyclic N) is 2. The van der Waals surface area contributed by atoms with Crippen LogP contribution in [0.25, 0.3) is 0 Å². The first-order valence-corrected chi connectivity index (χ1v) is 9.96. The predicted octanol–water partition coefficient (Wildman–Crippen LogP) is -0.0936. The van der Waals surface area contributed by atoms with Crippen molar-refractivity contribution in [3.63, 3.8) is 0 Å². The number of aliphatic hydroxyl groups excluding tert-OH is 2. The van der Waals surface area contributed by atoms with E-state index in [0.29, 0.717) is 0 Å². The zero-order valence-electron chi connectivity index (χ0n) is 15.9. The van der Waals surface area contributed by atoms with Gasteiger partial charge in [-0.15, -0.1) is 0 Å². The van der Waals surface area contributed by atoms with Gasteiger partial charge < -0.3 is 10.2 Å². The van der Waals surface area contributed by atoms with E-state index < -0.39 is 0 Å². The van der Waals surface area contributed by atoms with Gasteiger partial charge in [-0.3, -0.25) is 19.6 Å². The van der Waals surface area contributed by atoms with Crippen LogP contribution in [0.15, 0.2) is 24.3 Å². The summed E-state index contributed by atoms with van der Waals surface area (Å²) in [5.74, 6) is 0. The molecule has 0 unspecified atom stereocenters. The Kier molecular flexibility index (Phi) is 7.85. The van der Waals surface area contributed by atoms with E-state index in [-0.39, 0.29) is 13.2 Å². The van der Waals surface area contributed by atoms with Gasteiger partial charge in [0.1, 0.15) is 0 Å². The lowest BCUT2D eigenvalue weighted by molar-refractivity contribution is 0.107. The van der Waals surface area contributed by atoms with E-state index in [1.165, 1.54) is 11.1 Å². The molecule has 0 spiro atoms. The molecule has 2 N–H and O–H groups in total. The smallest absolute Gasteiger partial charge is 0.0558 e. The van der Waals surface area contributed by atoms with E-state index in [0.717, 1.165) is 78.5 Å². The average molecular weight is 363 g/mol. The lowest BCUT2D eigenvalue weighted by Crippen LogP contribution is -2.46. The van der Waals surface area contributed by atoms with Gasteiger partial charge >= 0.3 is 0 Å². The summed E-state index contributed by atoms with van der Waals surface area (Å²) in [5.41, 5.74) is 2.80. The van der Waals surface area contributed by atoms with Gasteiger partial charge in [-0.05, 0) is 11.1 Å². The summed E-state index contributed by atoms with van der Waals surface area (Å²) in [5, 5.41) is 18.1. The monoisotopic (exact) mass is 362 g/mol. The second-order valence-electron chi connectivity index (χ2n) is 7.50. The fourth-order valence-electron chi connectivity index (χ4n) is 3.97. The molecule has 2 saturated heterocycles. The van der Waals surface area contributed by atoms with Crippen molar-refractivity contribution >= 4 is 0 Å². The number of hydrogen-bond acceptors (Lipinski definition) is 6. The summed E-state index contributed by atoms with van der Waals surface area (Å²) < 4.78 is 0. The summed E-state index contributed by atoms with van der Waals surface area (Å²) in [7, 11) is 0. The van der Waals surface area contributed by atoms with Crippen molar-refractivity contribution in [1.82, 2.24) is 19.6 Å². The minimum absolute atomic E-state index is 0.260. The van der Waals surface area contributed by atoms with Crippen molar-refractivity contribution in [2.75, 3.05) is 78.7 Å². The molecule has 6 heteroatoms. The number of benzene rings is 1. The third-order valence-corrected chi connectivity index (χ3v) is 5.57. The van der Waals surface area contributed by atoms with E-state index in [9.17, 15) is 0 Å². The molecule has 2 aliphatic rings. The highest BCUT2D eigenvalue weighted by atomic mass is 16.3. The van der Waals surface area contributed by atoms with Crippen LogP contribution in [-0.2, 0) is 13.1 Å². The van der Waals surface area contributed by atoms with Crippen molar-refractivity contribution in [1.29, 1.82) is 0 Å². The van der Waals surface area contributed by atoms with Crippen molar-refractivity contribution in [2.45, 2.75) is 13.1 Å². The second kappa shape index (κ2) is 10.3. The first kappa shape index (κ1) is 19.7. The predicted molar refractivity (Wildman–Crippen MR) is 104 cm³/mol. The summed E-state index contributed by atoms with van der Waals surface area (Å²) in [6.45, 7) is 12.7. The van der Waals surface area contributed by atoms with Crippen molar-refractivity contribution in [2.24, 2.45) is 0 Å². The molecule has 2 aliphatic heterocycles. The number of rotatable bonds is 8. The number of nitrogens with zero attached hydrogens (tertiary/aromatic N) is 4. The van der Waals surface area contributed by atoms with E-state index in [1.807, 2.05) is 0 Å². The highest BCUT2D eigenvalue weighted by molar-refractivity contribution is 5.23. The molecule has 6 nitrogen and oxygen atoms in total. The molecule has 0 saturated carbocycles. The lowest BCUT2D eigenvalue weighted by atomic mass is 10.1. The summed E-state index contributed by atoms with van der Waals surface area (Å²) in [6.07, 6.45) is 0. The van der Waals surface area contributed by atoms with Crippen LogP contribution >= 0.6 is 0 Å². The molecule has 0 aliphatic carbocycles. The molecule has 0 atom stereocenters. The molecular weight excluding hydrogens is 328 g/mol. The fourth-order valence-corrected chi connectivity index (χ4v) is 3.97. The largest absolute Gasteiger partial charge is 0.395 e. The van der Waals surface area contributed by atoms with Gasteiger partial charge in [0.2, 0.25) is 0 Å². The van der Waals surface area contributed by atoms with Gasteiger partial charge in [0.05, 0.1) is 13.2 Å². The highest BCUT2D eigenvalue weighted by Gasteiger charge is 2.18. The first-order valence-electron chi connectivity index (χ1n) is 9.96. The maximum atomic E-state index is 9.05. The van der Waals surface area contributed by atoms with Gasteiger partial charge in [0, 0.05) is 78.5 Å². The molecular formula is C20H34N4O2. The Morgan fingerprint density at radius 3 is 1.38 bits per heavy atom. The van der Waals surface area contributed by atoms with Crippen LogP contribution in [0.3, 0.4) is 0 Å². The van der Waals surface area contributed by atoms with E-state index >= 15 is 0 Å². The lowest BCUT2D eigenvalue weighted by Gasteiger charge is -2.35. The SMILES string of the molecule is OCCN1CCN(Cc2cccc(CN3CCN(CCO)CC3)c2)CC1. The Morgan fingerprint density at radius 1 is 0.615 bits per heavy atom. The maximum absolute atomic E-state index is 9.05. The molecule has 26 heavy (non-hydrogen) atoms. The summed E-state index contributed by atoms with van der Waals surface area (Å²) >= 11 is 0. The van der Waals surface area contributed by atoms with Crippen molar-refractivity contribution in [3.05, 3.63) is 35.4 Å². The van der Waals surface area contributed by atoms with Gasteiger partial charge in [0.15, 0.2) is 0 Å². The molecule has 146 valence electrons. The minimum Gasteiger partial charge on any atom is -0.395 e. The molecule has 0 radical (unpaired) electrons. The summed E-state index contributed by atoms with van der Waals surface area (Å²) in [4.78, 5) is 9.70. The highest BCUT2D eigenvalue weighted by Crippen LogP contribution is 2.13. The fraction of sp³-hybridized carbons (Fsp3) is 0.700. The molecule has 0 amide bonds. The quantitative estimate of drug-likeness (QED) is 0.674. The topological polar surface area (TPSA) is 53.4 Å². The van der Waals surface area contributed by atoms with E-state index in [2.05, 4.69) is 43.9 Å². The van der Waals surface area contributed by atoms with Gasteiger partial charge in [-0.2, -0.15) is 0 Å². The van der Waals surface area contributed by atoms with Crippen LogP contribution in [0.4, 0.5) is 0 Å². The first-order chi connectivity index (χ1) is 12.8. The number of aliphatic hydroxyl groups is 2. The zero-order valence-corrected chi connectivity index (χ0v) is 15.9. The third kappa shape index (κ3) is 6.01. The van der Waals surface area contributed by atoms with Crippen LogP contribution < -0.4 is 0 Å². The average Bonchev–Trinajstić information content (AvgIpc) is 2.66. The van der Waals surface area contributed by atoms with Crippen LogP contribution in [0.5, 0.6) is 0 Å². The minimum atomic E-state index is 0.260. The zero-order chi connectivity index (χ0) is 18.2. The van der Waals surface area contributed by atoms with E-state index in [4.69, 9.17) is 10.2 Å². The molecule has 2 heterocycles. The van der Waals surface area contributed by atoms with Crippen molar-refractivity contribution in [3.8, 4) is 0 Å². The Bertz CT molecular complexity index is 483. The molecule has 2 fully saturated rings. The Hall–Kier alpha value is -1.02. The Labute approximate surface area is 157 Å². The van der Waals surface area contributed by atoms with Gasteiger partial charge in [0.25, 0.3) is 0 Å². The van der Waals surface area contributed by atoms with Crippen LogP contribution in [0, 0.1) is 0 Å². The van der Waals surface area contributed by atoms with Gasteiger partial charge in [-0.1, -0.05) is 24.3 Å². The van der Waals surface area contributed by atoms with Crippen LogP contribution in [-0.4, -0.2) is 108 Å². The Balaban J connectivity index is 1.45. The summed E-state index contributed by atoms with van der Waals surface area (Å²) in [6, 6.07) is 9.03. The molecule has 1 aromatic rings. The third-order valence-electron chi connectivity index (χ3n) is 5.57. The number of hydrogen-bond donors (Lipinski definition) is 2. The van der Waals surface area contributed by atoms with Crippen LogP contribution in [0.1, 0.15) is 11.1 Å². The van der Waals surface area contributed by atoms with Crippen LogP contribution in [0.2, 0.25) is 0 Å². The van der Waals surface area contributed by atoms with Crippen molar-refractivity contribution < 1.29 is 10.2 Å². The molecule has 1 aromatic carbocycles. The maximum Gasteiger partial charge on any atom is 0.0558 e. The Morgan fingerprint density at radius 2 is 1.00 bits per heavy atom. The number of piperazine rings is 2. The molecule has 0 aromatic heterocycles. The molecule has 3 rings (SSSR count). The van der Waals surface area contributed by atoms with E-state index in [1.54, 1.807) is 0 Å². The standard InChI is InChI=1S/C20H34N4O2/c25-14-12-21-4-8-23(9-5-21)17-19-2-1-3-20(16-19)18-24-10-6-22(7-11-24)13-15-26/h1-3,16,25-26H,4-15,17-18H2. The second-order valence-corrected chi connectivity index (χ2v) is 7.50. The normalized spacial score (nSPS) is 21.3.